The van der Waals surface area contributed by atoms with Crippen LogP contribution in [0.3, 0.4) is 0 Å². The second kappa shape index (κ2) is 4.02. The Hall–Kier alpha value is -1.68. The van der Waals surface area contributed by atoms with Gasteiger partial charge in [-0.05, 0) is 5.56 Å². The number of hydrogen-bond acceptors (Lipinski definition) is 3. The van der Waals surface area contributed by atoms with Crippen LogP contribution >= 0.6 is 0 Å². The van der Waals surface area contributed by atoms with Gasteiger partial charge in [0, 0.05) is 0 Å². The number of aliphatic hydroxyl groups is 1. The molecule has 0 fully saturated rings. The molecule has 0 bridgehead atoms. The van der Waals surface area contributed by atoms with E-state index in [4.69, 9.17) is 0 Å². The maximum absolute atomic E-state index is 9.80. The fraction of sp³-hybridized carbons (Fsp3) is 0.200. The normalized spacial score (nSPS) is 12.6. The van der Waals surface area contributed by atoms with Gasteiger partial charge in [0.05, 0.1) is 12.6 Å². The van der Waals surface area contributed by atoms with E-state index in [0.717, 1.165) is 5.56 Å². The molecule has 0 saturated carbocycles. The Bertz CT molecular complexity index is 372. The highest BCUT2D eigenvalue weighted by molar-refractivity contribution is 5.16. The summed E-state index contributed by atoms with van der Waals surface area (Å²) >= 11 is 0. The van der Waals surface area contributed by atoms with Gasteiger partial charge in [0.15, 0.2) is 0 Å². The van der Waals surface area contributed by atoms with Crippen molar-refractivity contribution in [1.29, 1.82) is 0 Å². The lowest BCUT2D eigenvalue weighted by molar-refractivity contribution is 0.151. The molecule has 1 atom stereocenters. The van der Waals surface area contributed by atoms with E-state index in [0.29, 0.717) is 6.54 Å². The third kappa shape index (κ3) is 1.97. The van der Waals surface area contributed by atoms with E-state index in [2.05, 4.69) is 10.1 Å². The van der Waals surface area contributed by atoms with Gasteiger partial charge in [-0.1, -0.05) is 30.3 Å². The first-order valence-electron chi connectivity index (χ1n) is 4.41. The Balaban J connectivity index is 2.07. The second-order valence-corrected chi connectivity index (χ2v) is 3.04. The highest BCUT2D eigenvalue weighted by Crippen LogP contribution is 2.13. The molecule has 2 rings (SSSR count). The molecule has 4 nitrogen and oxygen atoms in total. The average Bonchev–Trinajstić information content (AvgIpc) is 2.72. The molecular formula is C10H11N3O. The fourth-order valence-electron chi connectivity index (χ4n) is 1.28. The number of nitrogens with zero attached hydrogens (tertiary/aromatic N) is 3. The van der Waals surface area contributed by atoms with Gasteiger partial charge < -0.3 is 5.11 Å². The minimum absolute atomic E-state index is 0.435. The molecule has 0 spiro atoms. The van der Waals surface area contributed by atoms with Crippen LogP contribution in [0.1, 0.15) is 11.7 Å². The second-order valence-electron chi connectivity index (χ2n) is 3.04. The summed E-state index contributed by atoms with van der Waals surface area (Å²) in [4.78, 5) is 3.81. The predicted octanol–water partition coefficient (Wildman–Crippen LogP) is 1.01. The van der Waals surface area contributed by atoms with Crippen LogP contribution in [0.4, 0.5) is 0 Å². The summed E-state index contributed by atoms with van der Waals surface area (Å²) in [6.45, 7) is 0.435. The van der Waals surface area contributed by atoms with Gasteiger partial charge >= 0.3 is 0 Å². The molecule has 1 aromatic heterocycles. The van der Waals surface area contributed by atoms with E-state index < -0.39 is 6.10 Å². The maximum Gasteiger partial charge on any atom is 0.137 e. The average molecular weight is 189 g/mol. The smallest absolute Gasteiger partial charge is 0.137 e. The summed E-state index contributed by atoms with van der Waals surface area (Å²) in [7, 11) is 0. The zero-order chi connectivity index (χ0) is 9.80. The first-order valence-corrected chi connectivity index (χ1v) is 4.41. The zero-order valence-corrected chi connectivity index (χ0v) is 7.61. The van der Waals surface area contributed by atoms with Crippen molar-refractivity contribution in [3.63, 3.8) is 0 Å². The maximum atomic E-state index is 9.80. The summed E-state index contributed by atoms with van der Waals surface area (Å²) in [6.07, 6.45) is 2.52. The van der Waals surface area contributed by atoms with Crippen molar-refractivity contribution in [1.82, 2.24) is 14.8 Å². The number of rotatable bonds is 3. The lowest BCUT2D eigenvalue weighted by atomic mass is 10.1. The van der Waals surface area contributed by atoms with Crippen molar-refractivity contribution in [3.05, 3.63) is 48.5 Å². The van der Waals surface area contributed by atoms with Crippen molar-refractivity contribution >= 4 is 0 Å². The monoisotopic (exact) mass is 189 g/mol. The summed E-state index contributed by atoms with van der Waals surface area (Å²) in [5.74, 6) is 0. The van der Waals surface area contributed by atoms with Gasteiger partial charge in [-0.2, -0.15) is 5.10 Å². The van der Waals surface area contributed by atoms with Gasteiger partial charge in [0.1, 0.15) is 12.7 Å². The zero-order valence-electron chi connectivity index (χ0n) is 7.61. The van der Waals surface area contributed by atoms with Crippen LogP contribution in [-0.2, 0) is 6.54 Å². The largest absolute Gasteiger partial charge is 0.386 e. The standard InChI is InChI=1S/C10H11N3O/c14-10(6-13-8-11-7-12-13)9-4-2-1-3-5-9/h1-5,7-8,10,14H,6H2/t10-/m0/s1. The van der Waals surface area contributed by atoms with Crippen LogP contribution in [0.2, 0.25) is 0 Å². The van der Waals surface area contributed by atoms with Crippen LogP contribution in [0.5, 0.6) is 0 Å². The Morgan fingerprint density at radius 3 is 2.71 bits per heavy atom. The molecule has 0 aliphatic heterocycles. The van der Waals surface area contributed by atoms with E-state index in [9.17, 15) is 5.11 Å². The first kappa shape index (κ1) is 8.90. The van der Waals surface area contributed by atoms with Crippen molar-refractivity contribution in [2.75, 3.05) is 0 Å². The molecule has 72 valence electrons. The molecular weight excluding hydrogens is 178 g/mol. The Morgan fingerprint density at radius 2 is 2.07 bits per heavy atom. The minimum Gasteiger partial charge on any atom is -0.386 e. The van der Waals surface area contributed by atoms with Gasteiger partial charge in [-0.3, -0.25) is 4.68 Å². The molecule has 0 radical (unpaired) electrons. The highest BCUT2D eigenvalue weighted by atomic mass is 16.3. The van der Waals surface area contributed by atoms with Gasteiger partial charge in [-0.25, -0.2) is 4.98 Å². The molecule has 0 aliphatic rings. The fourth-order valence-corrected chi connectivity index (χ4v) is 1.28. The van der Waals surface area contributed by atoms with E-state index in [1.807, 2.05) is 30.3 Å². The Labute approximate surface area is 81.8 Å². The molecule has 14 heavy (non-hydrogen) atoms. The molecule has 2 aromatic rings. The van der Waals surface area contributed by atoms with Crippen LogP contribution in [0, 0.1) is 0 Å². The molecule has 0 unspecified atom stereocenters. The minimum atomic E-state index is -0.530. The summed E-state index contributed by atoms with van der Waals surface area (Å²) in [6, 6.07) is 9.51. The molecule has 1 N–H and O–H groups in total. The van der Waals surface area contributed by atoms with Crippen LogP contribution in [-0.4, -0.2) is 19.9 Å². The Morgan fingerprint density at radius 1 is 1.29 bits per heavy atom. The van der Waals surface area contributed by atoms with Crippen molar-refractivity contribution in [2.45, 2.75) is 12.6 Å². The number of hydrogen-bond donors (Lipinski definition) is 1. The quantitative estimate of drug-likeness (QED) is 0.784. The van der Waals surface area contributed by atoms with E-state index in [1.54, 1.807) is 11.0 Å². The molecule has 1 heterocycles. The number of aliphatic hydroxyl groups excluding tert-OH is 1. The molecule has 1 aromatic carbocycles. The predicted molar refractivity (Wildman–Crippen MR) is 51.4 cm³/mol. The first-order chi connectivity index (χ1) is 6.86. The van der Waals surface area contributed by atoms with Crippen molar-refractivity contribution < 1.29 is 5.11 Å². The van der Waals surface area contributed by atoms with Gasteiger partial charge in [-0.15, -0.1) is 0 Å². The molecule has 4 heteroatoms. The molecule has 0 aliphatic carbocycles. The van der Waals surface area contributed by atoms with Crippen LogP contribution in [0.25, 0.3) is 0 Å². The van der Waals surface area contributed by atoms with Crippen molar-refractivity contribution in [3.8, 4) is 0 Å². The lowest BCUT2D eigenvalue weighted by Crippen LogP contribution is -2.08. The molecule has 0 saturated heterocycles. The van der Waals surface area contributed by atoms with E-state index in [1.165, 1.54) is 6.33 Å². The number of benzene rings is 1. The van der Waals surface area contributed by atoms with Crippen LogP contribution < -0.4 is 0 Å². The Kier molecular flexibility index (Phi) is 2.55. The molecule has 0 amide bonds. The van der Waals surface area contributed by atoms with Gasteiger partial charge in [0.2, 0.25) is 0 Å². The topological polar surface area (TPSA) is 50.9 Å². The van der Waals surface area contributed by atoms with E-state index in [-0.39, 0.29) is 0 Å². The van der Waals surface area contributed by atoms with Crippen LogP contribution in [0.15, 0.2) is 43.0 Å². The third-order valence-corrected chi connectivity index (χ3v) is 2.01. The summed E-state index contributed by atoms with van der Waals surface area (Å²) in [5.41, 5.74) is 0.892. The number of aromatic nitrogens is 3. The summed E-state index contributed by atoms with van der Waals surface area (Å²) < 4.78 is 1.61. The summed E-state index contributed by atoms with van der Waals surface area (Å²) in [5, 5.41) is 13.7. The highest BCUT2D eigenvalue weighted by Gasteiger charge is 2.07. The van der Waals surface area contributed by atoms with Crippen molar-refractivity contribution in [2.24, 2.45) is 0 Å². The van der Waals surface area contributed by atoms with Gasteiger partial charge in [0.25, 0.3) is 0 Å². The lowest BCUT2D eigenvalue weighted by Gasteiger charge is -2.09. The SMILES string of the molecule is O[C@@H](Cn1cncn1)c1ccccc1. The van der Waals surface area contributed by atoms with E-state index >= 15 is 0 Å². The third-order valence-electron chi connectivity index (χ3n) is 2.01.